The highest BCUT2D eigenvalue weighted by atomic mass is 28.4. The van der Waals surface area contributed by atoms with E-state index in [9.17, 15) is 14.4 Å². The zero-order chi connectivity index (χ0) is 15.7. The predicted molar refractivity (Wildman–Crippen MR) is 76.9 cm³/mol. The van der Waals surface area contributed by atoms with Gasteiger partial charge in [0.25, 0.3) is 0 Å². The Hall–Kier alpha value is -1.16. The van der Waals surface area contributed by atoms with E-state index in [1.54, 1.807) is 0 Å². The highest BCUT2D eigenvalue weighted by Crippen LogP contribution is 2.27. The molecule has 0 radical (unpaired) electrons. The van der Waals surface area contributed by atoms with Crippen LogP contribution in [0, 0.1) is 5.92 Å². The zero-order valence-electron chi connectivity index (χ0n) is 12.8. The van der Waals surface area contributed by atoms with Crippen molar-refractivity contribution in [3.8, 4) is 0 Å². The molecule has 0 bridgehead atoms. The van der Waals surface area contributed by atoms with Crippen molar-refractivity contribution in [3.05, 3.63) is 0 Å². The van der Waals surface area contributed by atoms with Gasteiger partial charge in [-0.25, -0.2) is 4.79 Å². The van der Waals surface area contributed by atoms with Crippen LogP contribution in [0.25, 0.3) is 0 Å². The summed E-state index contributed by atoms with van der Waals surface area (Å²) in [6.45, 7) is 11.1. The Balaban J connectivity index is 2.81. The first-order valence-corrected chi connectivity index (χ1v) is 13.4. The van der Waals surface area contributed by atoms with Crippen molar-refractivity contribution in [2.24, 2.45) is 5.92 Å². The average molecular weight is 318 g/mol. The van der Waals surface area contributed by atoms with E-state index in [1.165, 1.54) is 0 Å². The lowest BCUT2D eigenvalue weighted by Gasteiger charge is -2.24. The van der Waals surface area contributed by atoms with Crippen molar-refractivity contribution < 1.29 is 28.0 Å². The second-order valence-electron chi connectivity index (χ2n) is 6.79. The second kappa shape index (κ2) is 5.68. The summed E-state index contributed by atoms with van der Waals surface area (Å²) in [6.07, 6.45) is -1.30. The smallest absolute Gasteiger partial charge is 0.335 e. The van der Waals surface area contributed by atoms with E-state index < -0.39 is 46.6 Å². The number of ether oxygens (including phenoxy) is 1. The Bertz CT molecular complexity index is 383. The number of carbonyl (C=O) groups is 3. The molecule has 0 amide bonds. The largest absolute Gasteiger partial charge is 0.520 e. The summed E-state index contributed by atoms with van der Waals surface area (Å²) in [7, 11) is -4.19. The van der Waals surface area contributed by atoms with Crippen LogP contribution in [0.2, 0.25) is 39.3 Å². The molecule has 0 aromatic carbocycles. The number of carbonyl (C=O) groups excluding carboxylic acids is 3. The molecular formula is C12H22O6Si2. The van der Waals surface area contributed by atoms with Gasteiger partial charge in [-0.1, -0.05) is 0 Å². The van der Waals surface area contributed by atoms with Crippen LogP contribution < -0.4 is 0 Å². The number of esters is 1. The second-order valence-corrected chi connectivity index (χ2v) is 15.6. The van der Waals surface area contributed by atoms with E-state index in [-0.39, 0.29) is 6.42 Å². The van der Waals surface area contributed by atoms with Gasteiger partial charge in [0.1, 0.15) is 5.92 Å². The van der Waals surface area contributed by atoms with Gasteiger partial charge in [0, 0.05) is 0 Å². The summed E-state index contributed by atoms with van der Waals surface area (Å²) in [5.41, 5.74) is 0. The van der Waals surface area contributed by atoms with E-state index in [0.29, 0.717) is 0 Å². The normalized spacial score (nSPS) is 23.2. The monoisotopic (exact) mass is 318 g/mol. The molecule has 114 valence electrons. The zero-order valence-corrected chi connectivity index (χ0v) is 14.8. The van der Waals surface area contributed by atoms with Gasteiger partial charge in [0.2, 0.25) is 22.7 Å². The van der Waals surface area contributed by atoms with Gasteiger partial charge < -0.3 is 13.6 Å². The minimum absolute atomic E-state index is 0.130. The molecule has 8 heteroatoms. The minimum atomic E-state index is -2.11. The Morgan fingerprint density at radius 2 is 1.45 bits per heavy atom. The fourth-order valence-corrected chi connectivity index (χ4v) is 3.19. The van der Waals surface area contributed by atoms with Crippen LogP contribution in [0.15, 0.2) is 0 Å². The fraction of sp³-hybridized carbons (Fsp3) is 0.750. The Morgan fingerprint density at radius 3 is 1.90 bits per heavy atom. The summed E-state index contributed by atoms with van der Waals surface area (Å²) in [5, 5.41) is 0. The van der Waals surface area contributed by atoms with Crippen LogP contribution in [0.5, 0.6) is 0 Å². The molecule has 1 fully saturated rings. The average Bonchev–Trinajstić information content (AvgIpc) is 2.55. The number of hydrogen-bond donors (Lipinski definition) is 0. The Morgan fingerprint density at radius 1 is 1.00 bits per heavy atom. The third kappa shape index (κ3) is 5.08. The topological polar surface area (TPSA) is 78.9 Å². The van der Waals surface area contributed by atoms with Crippen molar-refractivity contribution >= 4 is 34.5 Å². The molecule has 1 aliphatic heterocycles. The van der Waals surface area contributed by atoms with Crippen molar-refractivity contribution in [1.82, 2.24) is 0 Å². The van der Waals surface area contributed by atoms with Gasteiger partial charge in [-0.15, -0.1) is 0 Å². The molecule has 20 heavy (non-hydrogen) atoms. The molecule has 0 aliphatic carbocycles. The maximum Gasteiger partial charge on any atom is 0.335 e. The summed E-state index contributed by atoms with van der Waals surface area (Å²) < 4.78 is 15.6. The van der Waals surface area contributed by atoms with Crippen LogP contribution in [-0.4, -0.2) is 40.6 Å². The number of hydrogen-bond acceptors (Lipinski definition) is 6. The van der Waals surface area contributed by atoms with E-state index in [4.69, 9.17) is 13.6 Å². The first-order chi connectivity index (χ1) is 8.89. The van der Waals surface area contributed by atoms with Crippen molar-refractivity contribution in [2.75, 3.05) is 0 Å². The van der Waals surface area contributed by atoms with E-state index >= 15 is 0 Å². The molecular weight excluding hydrogens is 296 g/mol. The molecule has 1 heterocycles. The first kappa shape index (κ1) is 16.9. The lowest BCUT2D eigenvalue weighted by atomic mass is 10.0. The molecule has 1 aliphatic rings. The molecule has 2 atom stereocenters. The number of cyclic esters (lactones) is 1. The summed E-state index contributed by atoms with van der Waals surface area (Å²) in [6, 6.07) is 0. The van der Waals surface area contributed by atoms with Crippen molar-refractivity contribution in [2.45, 2.75) is 51.8 Å². The van der Waals surface area contributed by atoms with Crippen molar-refractivity contribution in [3.63, 3.8) is 0 Å². The summed E-state index contributed by atoms with van der Waals surface area (Å²) in [5.74, 6) is -2.65. The lowest BCUT2D eigenvalue weighted by Crippen LogP contribution is -2.42. The molecule has 1 rings (SSSR count). The molecule has 0 unspecified atom stereocenters. The molecule has 0 N–H and O–H groups in total. The fourth-order valence-electron chi connectivity index (χ4n) is 1.72. The molecule has 6 nitrogen and oxygen atoms in total. The van der Waals surface area contributed by atoms with Gasteiger partial charge in [0.05, 0.1) is 6.42 Å². The van der Waals surface area contributed by atoms with Gasteiger partial charge >= 0.3 is 17.9 Å². The van der Waals surface area contributed by atoms with Gasteiger partial charge in [-0.2, -0.15) is 0 Å². The minimum Gasteiger partial charge on any atom is -0.520 e. The molecule has 0 aromatic heterocycles. The lowest BCUT2D eigenvalue weighted by molar-refractivity contribution is -0.159. The summed E-state index contributed by atoms with van der Waals surface area (Å²) in [4.78, 5) is 35.5. The molecule has 0 spiro atoms. The molecule has 0 saturated carbocycles. The van der Waals surface area contributed by atoms with Crippen LogP contribution >= 0.6 is 0 Å². The SMILES string of the molecule is C[Si](C)(C)OC(=O)[C@H]1CC(=O)O[C@H]1C(=O)O[Si](C)(C)C. The Kier molecular flexibility index (Phi) is 4.80. The molecule has 0 aromatic rings. The van der Waals surface area contributed by atoms with Gasteiger partial charge in [-0.3, -0.25) is 9.59 Å². The van der Waals surface area contributed by atoms with Crippen molar-refractivity contribution in [1.29, 1.82) is 0 Å². The molecule has 1 saturated heterocycles. The standard InChI is InChI=1S/C12H22O6Si2/c1-19(2,3)17-11(14)8-7-9(13)16-10(8)12(15)18-20(4,5)6/h8,10H,7H2,1-6H3/t8-,10+/m0/s1. The Labute approximate surface area is 121 Å². The van der Waals surface area contributed by atoms with E-state index in [0.717, 1.165) is 0 Å². The maximum atomic E-state index is 12.1. The van der Waals surface area contributed by atoms with E-state index in [1.807, 2.05) is 39.3 Å². The van der Waals surface area contributed by atoms with Crippen LogP contribution in [0.3, 0.4) is 0 Å². The van der Waals surface area contributed by atoms with Crippen LogP contribution in [0.4, 0.5) is 0 Å². The quantitative estimate of drug-likeness (QED) is 0.579. The first-order valence-electron chi connectivity index (χ1n) is 6.54. The predicted octanol–water partition coefficient (Wildman–Crippen LogP) is 1.67. The highest BCUT2D eigenvalue weighted by Gasteiger charge is 2.47. The maximum absolute atomic E-state index is 12.1. The summed E-state index contributed by atoms with van der Waals surface area (Å²) >= 11 is 0. The highest BCUT2D eigenvalue weighted by molar-refractivity contribution is 6.71. The van der Waals surface area contributed by atoms with Crippen LogP contribution in [-0.2, 0) is 28.0 Å². The number of rotatable bonds is 4. The van der Waals surface area contributed by atoms with Gasteiger partial charge in [-0.05, 0) is 39.3 Å². The third-order valence-corrected chi connectivity index (χ3v) is 3.99. The van der Waals surface area contributed by atoms with Crippen LogP contribution in [0.1, 0.15) is 6.42 Å². The van der Waals surface area contributed by atoms with Gasteiger partial charge in [0.15, 0.2) is 0 Å². The third-order valence-electron chi connectivity index (χ3n) is 2.36. The van der Waals surface area contributed by atoms with E-state index in [2.05, 4.69) is 0 Å².